The fraction of sp³-hybridized carbons (Fsp3) is 0.320. The highest BCUT2D eigenvalue weighted by atomic mass is 16.5. The molecule has 0 spiro atoms. The maximum Gasteiger partial charge on any atom is 0.256 e. The van der Waals surface area contributed by atoms with Crippen molar-refractivity contribution in [2.75, 3.05) is 18.6 Å². The first-order valence-electron chi connectivity index (χ1n) is 10.7. The fourth-order valence-electron chi connectivity index (χ4n) is 3.73. The van der Waals surface area contributed by atoms with Crippen LogP contribution in [0.25, 0.3) is 11.4 Å². The lowest BCUT2D eigenvalue weighted by Crippen LogP contribution is -2.36. The number of rotatable bonds is 6. The molecule has 2 aromatic carbocycles. The van der Waals surface area contributed by atoms with Crippen LogP contribution in [0.3, 0.4) is 0 Å². The van der Waals surface area contributed by atoms with Crippen molar-refractivity contribution in [1.29, 1.82) is 0 Å². The molecule has 3 aromatic rings. The fourth-order valence-corrected chi connectivity index (χ4v) is 3.73. The van der Waals surface area contributed by atoms with Gasteiger partial charge in [-0.05, 0) is 55.2 Å². The number of ether oxygens (including phenoxy) is 1. The molecule has 1 aliphatic rings. The molecule has 1 amide bonds. The third-order valence-electron chi connectivity index (χ3n) is 5.78. The number of aromatic nitrogens is 2. The maximum atomic E-state index is 13.0. The predicted molar refractivity (Wildman–Crippen MR) is 122 cm³/mol. The highest BCUT2D eigenvalue weighted by Crippen LogP contribution is 2.28. The van der Waals surface area contributed by atoms with Crippen LogP contribution in [-0.4, -0.2) is 35.6 Å². The van der Waals surface area contributed by atoms with E-state index < -0.39 is 0 Å². The Morgan fingerprint density at radius 3 is 2.61 bits per heavy atom. The Labute approximate surface area is 183 Å². The molecular weight excluding hydrogens is 388 g/mol. The average Bonchev–Trinajstić information content (AvgIpc) is 2.83. The Kier molecular flexibility index (Phi) is 6.16. The van der Waals surface area contributed by atoms with Crippen molar-refractivity contribution in [1.82, 2.24) is 15.3 Å². The van der Waals surface area contributed by atoms with Crippen LogP contribution in [-0.2, 0) is 13.0 Å². The van der Waals surface area contributed by atoms with Crippen LogP contribution in [0.4, 0.5) is 5.82 Å². The van der Waals surface area contributed by atoms with Gasteiger partial charge in [0, 0.05) is 30.9 Å². The van der Waals surface area contributed by atoms with Crippen LogP contribution < -0.4 is 15.0 Å². The highest BCUT2D eigenvalue weighted by Gasteiger charge is 2.24. The smallest absolute Gasteiger partial charge is 0.256 e. The van der Waals surface area contributed by atoms with Gasteiger partial charge in [-0.25, -0.2) is 9.97 Å². The van der Waals surface area contributed by atoms with Gasteiger partial charge in [0.05, 0.1) is 7.11 Å². The summed E-state index contributed by atoms with van der Waals surface area (Å²) in [6.45, 7) is 5.58. The number of hydrogen-bond donors (Lipinski definition) is 1. The normalized spacial score (nSPS) is 14.0. The predicted octanol–water partition coefficient (Wildman–Crippen LogP) is 4.24. The minimum atomic E-state index is -0.135. The van der Waals surface area contributed by atoms with E-state index in [2.05, 4.69) is 46.4 Å². The zero-order valence-corrected chi connectivity index (χ0v) is 18.3. The molecular formula is C25H28N4O2. The molecule has 0 radical (unpaired) electrons. The number of carbonyl (C=O) groups excluding carboxylic acids is 1. The molecule has 1 unspecified atom stereocenters. The van der Waals surface area contributed by atoms with E-state index in [0.29, 0.717) is 17.2 Å². The molecule has 4 rings (SSSR count). The molecule has 1 atom stereocenters. The second-order valence-electron chi connectivity index (χ2n) is 7.88. The minimum absolute atomic E-state index is 0.0868. The number of nitrogens with zero attached hydrogens (tertiary/aromatic N) is 3. The van der Waals surface area contributed by atoms with Crippen molar-refractivity contribution in [3.63, 3.8) is 0 Å². The standard InChI is InChI=1S/C25H28N4O2/c1-4-17(2)27-25(30)22-15-26-23(19-9-11-21(31-3)12-10-19)28-24(22)29-14-13-18-7-5-6-8-20(18)16-29/h5-12,15,17H,4,13-14,16H2,1-3H3,(H,27,30). The van der Waals surface area contributed by atoms with Crippen molar-refractivity contribution >= 4 is 11.7 Å². The van der Waals surface area contributed by atoms with Crippen molar-refractivity contribution < 1.29 is 9.53 Å². The summed E-state index contributed by atoms with van der Waals surface area (Å²) in [5.74, 6) is 1.92. The second kappa shape index (κ2) is 9.16. The summed E-state index contributed by atoms with van der Waals surface area (Å²) in [6, 6.07) is 16.2. The number of hydrogen-bond acceptors (Lipinski definition) is 5. The van der Waals surface area contributed by atoms with E-state index in [0.717, 1.165) is 37.2 Å². The SMILES string of the molecule is CCC(C)NC(=O)c1cnc(-c2ccc(OC)cc2)nc1N1CCc2ccccc2C1. The van der Waals surface area contributed by atoms with Crippen LogP contribution in [0.2, 0.25) is 0 Å². The topological polar surface area (TPSA) is 67.3 Å². The van der Waals surface area contributed by atoms with E-state index in [1.807, 2.05) is 31.2 Å². The number of benzene rings is 2. The Balaban J connectivity index is 1.72. The Hall–Kier alpha value is -3.41. The van der Waals surface area contributed by atoms with Gasteiger partial charge in [0.2, 0.25) is 0 Å². The molecule has 0 saturated heterocycles. The second-order valence-corrected chi connectivity index (χ2v) is 7.88. The molecule has 1 N–H and O–H groups in total. The highest BCUT2D eigenvalue weighted by molar-refractivity contribution is 5.99. The molecule has 0 bridgehead atoms. The van der Waals surface area contributed by atoms with Crippen molar-refractivity contribution in [2.45, 2.75) is 39.3 Å². The minimum Gasteiger partial charge on any atom is -0.497 e. The first-order chi connectivity index (χ1) is 15.1. The summed E-state index contributed by atoms with van der Waals surface area (Å²) >= 11 is 0. The van der Waals surface area contributed by atoms with E-state index in [9.17, 15) is 4.79 Å². The summed E-state index contributed by atoms with van der Waals surface area (Å²) in [6.07, 6.45) is 3.44. The quantitative estimate of drug-likeness (QED) is 0.651. The Morgan fingerprint density at radius 1 is 1.16 bits per heavy atom. The number of methoxy groups -OCH3 is 1. The third-order valence-corrected chi connectivity index (χ3v) is 5.78. The van der Waals surface area contributed by atoms with Crippen LogP contribution >= 0.6 is 0 Å². The zero-order chi connectivity index (χ0) is 21.8. The van der Waals surface area contributed by atoms with Crippen LogP contribution in [0, 0.1) is 0 Å². The van der Waals surface area contributed by atoms with Crippen LogP contribution in [0.5, 0.6) is 5.75 Å². The van der Waals surface area contributed by atoms with Gasteiger partial charge >= 0.3 is 0 Å². The van der Waals surface area contributed by atoms with Gasteiger partial charge in [-0.15, -0.1) is 0 Å². The summed E-state index contributed by atoms with van der Waals surface area (Å²) in [5.41, 5.74) is 4.02. The first kappa shape index (κ1) is 20.8. The molecule has 160 valence electrons. The summed E-state index contributed by atoms with van der Waals surface area (Å²) in [5, 5.41) is 3.06. The Morgan fingerprint density at radius 2 is 1.90 bits per heavy atom. The number of anilines is 1. The number of nitrogens with one attached hydrogen (secondary N) is 1. The molecule has 0 aliphatic carbocycles. The summed E-state index contributed by atoms with van der Waals surface area (Å²) in [4.78, 5) is 24.6. The maximum absolute atomic E-state index is 13.0. The van der Waals surface area contributed by atoms with E-state index in [1.54, 1.807) is 13.3 Å². The average molecular weight is 417 g/mol. The molecule has 1 aromatic heterocycles. The molecule has 2 heterocycles. The number of amides is 1. The van der Waals surface area contributed by atoms with Crippen molar-refractivity contribution in [2.24, 2.45) is 0 Å². The lowest BCUT2D eigenvalue weighted by molar-refractivity contribution is 0.0939. The van der Waals surface area contributed by atoms with E-state index in [-0.39, 0.29) is 11.9 Å². The van der Waals surface area contributed by atoms with Gasteiger partial charge in [-0.2, -0.15) is 0 Å². The number of carbonyl (C=O) groups is 1. The molecule has 1 aliphatic heterocycles. The van der Waals surface area contributed by atoms with Crippen LogP contribution in [0.15, 0.2) is 54.7 Å². The van der Waals surface area contributed by atoms with Gasteiger partial charge < -0.3 is 15.0 Å². The van der Waals surface area contributed by atoms with Crippen LogP contribution in [0.1, 0.15) is 41.8 Å². The van der Waals surface area contributed by atoms with E-state index in [1.165, 1.54) is 11.1 Å². The van der Waals surface area contributed by atoms with Crippen molar-refractivity contribution in [3.05, 3.63) is 71.4 Å². The van der Waals surface area contributed by atoms with Crippen molar-refractivity contribution in [3.8, 4) is 17.1 Å². The van der Waals surface area contributed by atoms with Gasteiger partial charge in [-0.3, -0.25) is 4.79 Å². The molecule has 6 nitrogen and oxygen atoms in total. The van der Waals surface area contributed by atoms with E-state index >= 15 is 0 Å². The van der Waals surface area contributed by atoms with Gasteiger partial charge in [0.15, 0.2) is 5.82 Å². The molecule has 6 heteroatoms. The van der Waals surface area contributed by atoms with Gasteiger partial charge in [0.1, 0.15) is 17.1 Å². The van der Waals surface area contributed by atoms with Gasteiger partial charge in [0.25, 0.3) is 5.91 Å². The van der Waals surface area contributed by atoms with Gasteiger partial charge in [-0.1, -0.05) is 31.2 Å². The first-order valence-corrected chi connectivity index (χ1v) is 10.7. The lowest BCUT2D eigenvalue weighted by Gasteiger charge is -2.31. The largest absolute Gasteiger partial charge is 0.497 e. The summed E-state index contributed by atoms with van der Waals surface area (Å²) < 4.78 is 5.25. The monoisotopic (exact) mass is 416 g/mol. The third kappa shape index (κ3) is 4.53. The number of fused-ring (bicyclic) bond motifs is 1. The molecule has 0 saturated carbocycles. The molecule has 31 heavy (non-hydrogen) atoms. The van der Waals surface area contributed by atoms with E-state index in [4.69, 9.17) is 9.72 Å². The lowest BCUT2D eigenvalue weighted by atomic mass is 9.99. The molecule has 0 fully saturated rings. The summed E-state index contributed by atoms with van der Waals surface area (Å²) in [7, 11) is 1.64. The Bertz CT molecular complexity index is 1070. The zero-order valence-electron chi connectivity index (χ0n) is 18.3.